The molecule has 0 amide bonds. The second kappa shape index (κ2) is 6.60. The van der Waals surface area contributed by atoms with Gasteiger partial charge in [0, 0.05) is 50.4 Å². The molecule has 114 valence electrons. The Kier molecular flexibility index (Phi) is 5.04. The van der Waals surface area contributed by atoms with Gasteiger partial charge in [-0.1, -0.05) is 30.3 Å². The molecule has 0 aliphatic carbocycles. The third-order valence-electron chi connectivity index (χ3n) is 4.18. The molecule has 2 heterocycles. The zero-order valence-corrected chi connectivity index (χ0v) is 13.4. The number of benzene rings is 1. The van der Waals surface area contributed by atoms with Gasteiger partial charge in [-0.05, 0) is 12.5 Å². The molecule has 2 aromatic rings. The van der Waals surface area contributed by atoms with Crippen LogP contribution in [-0.2, 0) is 13.6 Å². The fourth-order valence-corrected chi connectivity index (χ4v) is 3.14. The molecule has 2 atom stereocenters. The maximum atomic E-state index is 6.34. The van der Waals surface area contributed by atoms with Crippen LogP contribution in [0.1, 0.15) is 22.7 Å². The van der Waals surface area contributed by atoms with Gasteiger partial charge in [-0.15, -0.1) is 12.4 Å². The molecule has 21 heavy (non-hydrogen) atoms. The van der Waals surface area contributed by atoms with Crippen molar-refractivity contribution in [2.45, 2.75) is 25.4 Å². The number of nitrogens with two attached hydrogens (primary N) is 1. The number of aryl methyl sites for hydroxylation is 2. The van der Waals surface area contributed by atoms with Gasteiger partial charge in [0.2, 0.25) is 0 Å². The Morgan fingerprint density at radius 3 is 2.57 bits per heavy atom. The van der Waals surface area contributed by atoms with Gasteiger partial charge in [0.15, 0.2) is 0 Å². The Morgan fingerprint density at radius 2 is 1.95 bits per heavy atom. The Morgan fingerprint density at radius 1 is 1.24 bits per heavy atom. The highest BCUT2D eigenvalue weighted by Crippen LogP contribution is 2.27. The van der Waals surface area contributed by atoms with Crippen molar-refractivity contribution in [3.05, 3.63) is 53.3 Å². The lowest BCUT2D eigenvalue weighted by atomic mass is 9.95. The minimum atomic E-state index is 0. The van der Waals surface area contributed by atoms with E-state index in [0.717, 1.165) is 25.3 Å². The van der Waals surface area contributed by atoms with E-state index in [2.05, 4.69) is 53.5 Å². The highest BCUT2D eigenvalue weighted by Gasteiger charge is 2.31. The van der Waals surface area contributed by atoms with E-state index in [-0.39, 0.29) is 18.4 Å². The van der Waals surface area contributed by atoms with E-state index in [1.165, 1.54) is 11.1 Å². The topological polar surface area (TPSA) is 47.1 Å². The van der Waals surface area contributed by atoms with E-state index in [1.54, 1.807) is 0 Å². The third-order valence-corrected chi connectivity index (χ3v) is 4.18. The zero-order valence-electron chi connectivity index (χ0n) is 12.6. The molecule has 1 aromatic carbocycles. The Bertz CT molecular complexity index is 581. The molecule has 2 N–H and O–H groups in total. The SMILES string of the molecule is Cc1nn(C)cc1CN1C[C@@H](N)[C@H](c2ccccc2)C1.Cl. The predicted octanol–water partition coefficient (Wildman–Crippen LogP) is 2.08. The third kappa shape index (κ3) is 3.46. The summed E-state index contributed by atoms with van der Waals surface area (Å²) in [5, 5.41) is 4.41. The summed E-state index contributed by atoms with van der Waals surface area (Å²) >= 11 is 0. The van der Waals surface area contributed by atoms with E-state index in [0.29, 0.717) is 5.92 Å². The molecule has 0 spiro atoms. The smallest absolute Gasteiger partial charge is 0.0638 e. The van der Waals surface area contributed by atoms with Crippen LogP contribution < -0.4 is 5.73 Å². The minimum Gasteiger partial charge on any atom is -0.326 e. The first-order chi connectivity index (χ1) is 9.63. The molecule has 0 saturated carbocycles. The maximum absolute atomic E-state index is 6.34. The molecule has 5 heteroatoms. The van der Waals surface area contributed by atoms with Gasteiger partial charge in [-0.3, -0.25) is 9.58 Å². The van der Waals surface area contributed by atoms with Crippen molar-refractivity contribution in [1.82, 2.24) is 14.7 Å². The van der Waals surface area contributed by atoms with Gasteiger partial charge in [-0.25, -0.2) is 0 Å². The molecular weight excluding hydrogens is 284 g/mol. The van der Waals surface area contributed by atoms with E-state index in [9.17, 15) is 0 Å². The van der Waals surface area contributed by atoms with Crippen molar-refractivity contribution in [2.75, 3.05) is 13.1 Å². The first-order valence-corrected chi connectivity index (χ1v) is 7.15. The van der Waals surface area contributed by atoms with Crippen LogP contribution in [0.4, 0.5) is 0 Å². The van der Waals surface area contributed by atoms with Crippen molar-refractivity contribution >= 4 is 12.4 Å². The van der Waals surface area contributed by atoms with Crippen molar-refractivity contribution < 1.29 is 0 Å². The van der Waals surface area contributed by atoms with Crippen LogP contribution >= 0.6 is 12.4 Å². The number of hydrogen-bond acceptors (Lipinski definition) is 3. The standard InChI is InChI=1S/C16H22N4.ClH/c1-12-14(8-19(2)18-12)9-20-10-15(16(17)11-20)13-6-4-3-5-7-13;/h3-8,15-16H,9-11,17H2,1-2H3;1H/t15-,16+;/m0./s1. The number of nitrogens with zero attached hydrogens (tertiary/aromatic N) is 3. The summed E-state index contributed by atoms with van der Waals surface area (Å²) in [4.78, 5) is 2.44. The first-order valence-electron chi connectivity index (χ1n) is 7.15. The lowest BCUT2D eigenvalue weighted by molar-refractivity contribution is 0.323. The number of rotatable bonds is 3. The molecule has 4 nitrogen and oxygen atoms in total. The summed E-state index contributed by atoms with van der Waals surface area (Å²) in [5.41, 5.74) is 10.1. The first kappa shape index (κ1) is 16.0. The van der Waals surface area contributed by atoms with Crippen molar-refractivity contribution in [3.63, 3.8) is 0 Å². The molecule has 1 aromatic heterocycles. The monoisotopic (exact) mass is 306 g/mol. The van der Waals surface area contributed by atoms with Crippen LogP contribution in [0.5, 0.6) is 0 Å². The number of hydrogen-bond donors (Lipinski definition) is 1. The molecular formula is C16H23ClN4. The molecule has 0 unspecified atom stereocenters. The van der Waals surface area contributed by atoms with Crippen molar-refractivity contribution in [1.29, 1.82) is 0 Å². The van der Waals surface area contributed by atoms with Gasteiger partial charge in [0.25, 0.3) is 0 Å². The van der Waals surface area contributed by atoms with Crippen molar-refractivity contribution in [3.8, 4) is 0 Å². The van der Waals surface area contributed by atoms with Gasteiger partial charge >= 0.3 is 0 Å². The summed E-state index contributed by atoms with van der Waals surface area (Å²) in [6, 6.07) is 10.8. The van der Waals surface area contributed by atoms with E-state index in [4.69, 9.17) is 5.73 Å². The van der Waals surface area contributed by atoms with Crippen LogP contribution in [-0.4, -0.2) is 33.8 Å². The highest BCUT2D eigenvalue weighted by atomic mass is 35.5. The lowest BCUT2D eigenvalue weighted by Gasteiger charge is -2.15. The van der Waals surface area contributed by atoms with Crippen LogP contribution in [0, 0.1) is 6.92 Å². The summed E-state index contributed by atoms with van der Waals surface area (Å²) in [6.07, 6.45) is 2.11. The molecule has 1 aliphatic rings. The molecule has 1 fully saturated rings. The molecule has 1 aliphatic heterocycles. The van der Waals surface area contributed by atoms with E-state index in [1.807, 2.05) is 11.7 Å². The zero-order chi connectivity index (χ0) is 14.1. The average Bonchev–Trinajstić information content (AvgIpc) is 2.94. The minimum absolute atomic E-state index is 0. The van der Waals surface area contributed by atoms with Gasteiger partial charge < -0.3 is 5.73 Å². The molecule has 3 rings (SSSR count). The number of halogens is 1. The van der Waals surface area contributed by atoms with Crippen LogP contribution in [0.3, 0.4) is 0 Å². The average molecular weight is 307 g/mol. The van der Waals surface area contributed by atoms with Gasteiger partial charge in [0.1, 0.15) is 0 Å². The predicted molar refractivity (Wildman–Crippen MR) is 87.6 cm³/mol. The normalized spacial score (nSPS) is 22.2. The fraction of sp³-hybridized carbons (Fsp3) is 0.438. The Hall–Kier alpha value is -1.36. The maximum Gasteiger partial charge on any atom is 0.0638 e. The van der Waals surface area contributed by atoms with Gasteiger partial charge in [0.05, 0.1) is 5.69 Å². The number of aromatic nitrogens is 2. The van der Waals surface area contributed by atoms with E-state index >= 15 is 0 Å². The van der Waals surface area contributed by atoms with Crippen LogP contribution in [0.25, 0.3) is 0 Å². The number of likely N-dealkylation sites (tertiary alicyclic amines) is 1. The summed E-state index contributed by atoms with van der Waals surface area (Å²) in [7, 11) is 1.97. The Labute approximate surface area is 132 Å². The second-order valence-electron chi connectivity index (χ2n) is 5.79. The molecule has 1 saturated heterocycles. The molecule has 0 bridgehead atoms. The quantitative estimate of drug-likeness (QED) is 0.944. The summed E-state index contributed by atoms with van der Waals surface area (Å²) in [5.74, 6) is 0.438. The summed E-state index contributed by atoms with van der Waals surface area (Å²) < 4.78 is 1.88. The fourth-order valence-electron chi connectivity index (χ4n) is 3.14. The highest BCUT2D eigenvalue weighted by molar-refractivity contribution is 5.85. The van der Waals surface area contributed by atoms with Gasteiger partial charge in [-0.2, -0.15) is 5.10 Å². The lowest BCUT2D eigenvalue weighted by Crippen LogP contribution is -2.28. The summed E-state index contributed by atoms with van der Waals surface area (Å²) in [6.45, 7) is 4.99. The second-order valence-corrected chi connectivity index (χ2v) is 5.79. The van der Waals surface area contributed by atoms with E-state index < -0.39 is 0 Å². The van der Waals surface area contributed by atoms with Crippen LogP contribution in [0.15, 0.2) is 36.5 Å². The largest absolute Gasteiger partial charge is 0.326 e. The Balaban J connectivity index is 0.00000161. The van der Waals surface area contributed by atoms with Crippen molar-refractivity contribution in [2.24, 2.45) is 12.8 Å². The molecule has 0 radical (unpaired) electrons. The van der Waals surface area contributed by atoms with Crippen LogP contribution in [0.2, 0.25) is 0 Å².